The summed E-state index contributed by atoms with van der Waals surface area (Å²) in [5.74, 6) is 0. The van der Waals surface area contributed by atoms with Crippen molar-refractivity contribution in [3.8, 4) is 0 Å². The van der Waals surface area contributed by atoms with Gasteiger partial charge < -0.3 is 19.9 Å². The molecule has 1 unspecified atom stereocenters. The molecule has 0 aromatic heterocycles. The van der Waals surface area contributed by atoms with Crippen LogP contribution in [0, 0.1) is 0 Å². The van der Waals surface area contributed by atoms with E-state index in [-0.39, 0.29) is 6.04 Å². The fraction of sp³-hybridized carbons (Fsp3) is 0.389. The fourth-order valence-corrected chi connectivity index (χ4v) is 2.91. The zero-order valence-corrected chi connectivity index (χ0v) is 13.7. The number of hydrogen-bond acceptors (Lipinski definition) is 4. The van der Waals surface area contributed by atoms with Gasteiger partial charge in [0, 0.05) is 56.8 Å². The standard InChI is InChI=1S/C18H25N3O/c1-13(19-3)18(7-6-10-22)21-12-15-11-16(20(4)5)8-9-17(15)14(21)2/h8-11,18-19H,1-2,6-7,12H2,3-5H3. The van der Waals surface area contributed by atoms with Crippen molar-refractivity contribution in [3.05, 3.63) is 48.2 Å². The maximum absolute atomic E-state index is 10.8. The molecule has 0 fully saturated rings. The number of carbonyl (C=O) groups excluding carboxylic acids is 1. The molecule has 0 radical (unpaired) electrons. The third-order valence-corrected chi connectivity index (χ3v) is 4.26. The van der Waals surface area contributed by atoms with Crippen molar-refractivity contribution < 1.29 is 4.79 Å². The second-order valence-electron chi connectivity index (χ2n) is 5.85. The molecular formula is C18H25N3O. The summed E-state index contributed by atoms with van der Waals surface area (Å²) in [6.45, 7) is 9.15. The minimum atomic E-state index is 0.0814. The highest BCUT2D eigenvalue weighted by Gasteiger charge is 2.29. The van der Waals surface area contributed by atoms with Gasteiger partial charge in [-0.25, -0.2) is 0 Å². The Morgan fingerprint density at radius 2 is 2.23 bits per heavy atom. The van der Waals surface area contributed by atoms with Crippen LogP contribution in [0.5, 0.6) is 0 Å². The summed E-state index contributed by atoms with van der Waals surface area (Å²) >= 11 is 0. The first kappa shape index (κ1) is 16.1. The van der Waals surface area contributed by atoms with E-state index in [2.05, 4.69) is 46.5 Å². The van der Waals surface area contributed by atoms with Crippen molar-refractivity contribution >= 4 is 17.7 Å². The Labute approximate surface area is 133 Å². The fourth-order valence-electron chi connectivity index (χ4n) is 2.91. The van der Waals surface area contributed by atoms with Gasteiger partial charge in [0.05, 0.1) is 6.04 Å². The molecule has 118 valence electrons. The predicted octanol–water partition coefficient (Wildman–Crippen LogP) is 2.62. The Morgan fingerprint density at radius 3 is 2.82 bits per heavy atom. The van der Waals surface area contributed by atoms with Crippen molar-refractivity contribution in [3.63, 3.8) is 0 Å². The molecule has 4 heteroatoms. The summed E-state index contributed by atoms with van der Waals surface area (Å²) in [5, 5.41) is 3.13. The van der Waals surface area contributed by atoms with Crippen LogP contribution in [0.4, 0.5) is 5.69 Å². The van der Waals surface area contributed by atoms with Gasteiger partial charge in [0.1, 0.15) is 6.29 Å². The Hall–Kier alpha value is -2.23. The normalized spacial score (nSPS) is 14.5. The molecule has 0 bridgehead atoms. The minimum Gasteiger partial charge on any atom is -0.390 e. The highest BCUT2D eigenvalue weighted by Crippen LogP contribution is 2.37. The second-order valence-corrected chi connectivity index (χ2v) is 5.85. The lowest BCUT2D eigenvalue weighted by molar-refractivity contribution is -0.108. The molecule has 1 aliphatic rings. The lowest BCUT2D eigenvalue weighted by Gasteiger charge is -2.31. The molecule has 1 heterocycles. The van der Waals surface area contributed by atoms with E-state index in [0.29, 0.717) is 6.42 Å². The van der Waals surface area contributed by atoms with Crippen molar-refractivity contribution in [1.29, 1.82) is 0 Å². The second kappa shape index (κ2) is 6.69. The summed E-state index contributed by atoms with van der Waals surface area (Å²) in [7, 11) is 5.95. The smallest absolute Gasteiger partial charge is 0.120 e. The molecule has 1 N–H and O–H groups in total. The van der Waals surface area contributed by atoms with Crippen LogP contribution in [0.25, 0.3) is 5.70 Å². The van der Waals surface area contributed by atoms with E-state index in [9.17, 15) is 4.79 Å². The first-order valence-electron chi connectivity index (χ1n) is 7.56. The number of rotatable bonds is 7. The van der Waals surface area contributed by atoms with Crippen molar-refractivity contribution in [2.75, 3.05) is 26.0 Å². The average Bonchev–Trinajstić information content (AvgIpc) is 2.84. The van der Waals surface area contributed by atoms with Gasteiger partial charge >= 0.3 is 0 Å². The Bertz CT molecular complexity index is 592. The average molecular weight is 299 g/mol. The van der Waals surface area contributed by atoms with Gasteiger partial charge in [-0.1, -0.05) is 19.2 Å². The number of fused-ring (bicyclic) bond motifs is 1. The van der Waals surface area contributed by atoms with Gasteiger partial charge in [0.15, 0.2) is 0 Å². The van der Waals surface area contributed by atoms with E-state index < -0.39 is 0 Å². The Balaban J connectivity index is 2.28. The van der Waals surface area contributed by atoms with Crippen LogP contribution in [0.15, 0.2) is 37.1 Å². The molecule has 0 aliphatic carbocycles. The number of carbonyl (C=O) groups is 1. The molecule has 2 rings (SSSR count). The number of nitrogens with zero attached hydrogens (tertiary/aromatic N) is 2. The Morgan fingerprint density at radius 1 is 1.50 bits per heavy atom. The lowest BCUT2D eigenvalue weighted by Crippen LogP contribution is -2.35. The summed E-state index contributed by atoms with van der Waals surface area (Å²) in [4.78, 5) is 15.1. The third kappa shape index (κ3) is 3.01. The van der Waals surface area contributed by atoms with E-state index >= 15 is 0 Å². The summed E-state index contributed by atoms with van der Waals surface area (Å²) in [6, 6.07) is 6.53. The Kier molecular flexibility index (Phi) is 4.91. The van der Waals surface area contributed by atoms with Crippen molar-refractivity contribution in [1.82, 2.24) is 10.2 Å². The molecule has 1 aliphatic heterocycles. The van der Waals surface area contributed by atoms with Crippen LogP contribution in [-0.4, -0.2) is 38.4 Å². The van der Waals surface area contributed by atoms with Crippen molar-refractivity contribution in [2.45, 2.75) is 25.4 Å². The number of hydrogen-bond donors (Lipinski definition) is 1. The molecular weight excluding hydrogens is 274 g/mol. The van der Waals surface area contributed by atoms with Crippen LogP contribution in [0.2, 0.25) is 0 Å². The monoisotopic (exact) mass is 299 g/mol. The maximum atomic E-state index is 10.8. The number of nitrogens with one attached hydrogen (secondary N) is 1. The molecule has 1 atom stereocenters. The van der Waals surface area contributed by atoms with Gasteiger partial charge in [0.25, 0.3) is 0 Å². The lowest BCUT2D eigenvalue weighted by atomic mass is 10.1. The van der Waals surface area contributed by atoms with Gasteiger partial charge in [-0.2, -0.15) is 0 Å². The molecule has 0 spiro atoms. The minimum absolute atomic E-state index is 0.0814. The molecule has 0 saturated heterocycles. The molecule has 22 heavy (non-hydrogen) atoms. The van der Waals surface area contributed by atoms with E-state index in [0.717, 1.165) is 30.6 Å². The van der Waals surface area contributed by atoms with Gasteiger partial charge in [-0.05, 0) is 24.1 Å². The number of likely N-dealkylation sites (N-methyl/N-ethyl adjacent to an activating group) is 1. The van der Waals surface area contributed by atoms with Gasteiger partial charge in [0.2, 0.25) is 0 Å². The first-order chi connectivity index (χ1) is 10.5. The summed E-state index contributed by atoms with van der Waals surface area (Å²) in [5.41, 5.74) is 5.57. The number of aldehydes is 1. The van der Waals surface area contributed by atoms with Crippen LogP contribution in [-0.2, 0) is 11.3 Å². The highest BCUT2D eigenvalue weighted by atomic mass is 16.1. The number of benzene rings is 1. The quantitative estimate of drug-likeness (QED) is 0.785. The molecule has 4 nitrogen and oxygen atoms in total. The maximum Gasteiger partial charge on any atom is 0.120 e. The SMILES string of the molecule is C=C(NC)C(CCC=O)N1Cc2cc(N(C)C)ccc2C1=C. The van der Waals surface area contributed by atoms with Gasteiger partial charge in [-0.3, -0.25) is 0 Å². The largest absolute Gasteiger partial charge is 0.390 e. The zero-order valence-electron chi connectivity index (χ0n) is 13.7. The number of anilines is 1. The van der Waals surface area contributed by atoms with E-state index in [1.165, 1.54) is 16.8 Å². The van der Waals surface area contributed by atoms with E-state index in [1.54, 1.807) is 0 Å². The topological polar surface area (TPSA) is 35.6 Å². The zero-order chi connectivity index (χ0) is 16.3. The molecule has 1 aromatic rings. The third-order valence-electron chi connectivity index (χ3n) is 4.26. The van der Waals surface area contributed by atoms with Crippen LogP contribution in [0.1, 0.15) is 24.0 Å². The van der Waals surface area contributed by atoms with Gasteiger partial charge in [-0.15, -0.1) is 0 Å². The summed E-state index contributed by atoms with van der Waals surface area (Å²) in [6.07, 6.45) is 2.23. The summed E-state index contributed by atoms with van der Waals surface area (Å²) < 4.78 is 0. The van der Waals surface area contributed by atoms with Crippen LogP contribution < -0.4 is 10.2 Å². The van der Waals surface area contributed by atoms with Crippen molar-refractivity contribution in [2.24, 2.45) is 0 Å². The van der Waals surface area contributed by atoms with Crippen LogP contribution >= 0.6 is 0 Å². The predicted molar refractivity (Wildman–Crippen MR) is 92.6 cm³/mol. The first-order valence-corrected chi connectivity index (χ1v) is 7.56. The molecule has 0 amide bonds. The van der Waals surface area contributed by atoms with E-state index in [4.69, 9.17) is 0 Å². The molecule has 1 aromatic carbocycles. The highest BCUT2D eigenvalue weighted by molar-refractivity contribution is 5.72. The van der Waals surface area contributed by atoms with E-state index in [1.807, 2.05) is 21.1 Å². The molecule has 0 saturated carbocycles. The van der Waals surface area contributed by atoms with Crippen LogP contribution in [0.3, 0.4) is 0 Å².